The molecule has 1 saturated heterocycles. The van der Waals surface area contributed by atoms with Crippen molar-refractivity contribution >= 4 is 11.6 Å². The van der Waals surface area contributed by atoms with E-state index in [0.29, 0.717) is 11.6 Å². The third kappa shape index (κ3) is 3.11. The fourth-order valence-corrected chi connectivity index (χ4v) is 2.96. The largest absolute Gasteiger partial charge is 0.387 e. The Labute approximate surface area is 121 Å². The van der Waals surface area contributed by atoms with Gasteiger partial charge in [-0.2, -0.15) is 0 Å². The summed E-state index contributed by atoms with van der Waals surface area (Å²) in [7, 11) is 1.85. The highest BCUT2D eigenvalue weighted by Gasteiger charge is 2.26. The van der Waals surface area contributed by atoms with Crippen molar-refractivity contribution in [2.24, 2.45) is 0 Å². The molecule has 1 aromatic heterocycles. The molecule has 0 spiro atoms. The first-order valence-electron chi connectivity index (χ1n) is 7.62. The summed E-state index contributed by atoms with van der Waals surface area (Å²) in [6.45, 7) is 4.98. The molecule has 0 saturated carbocycles. The Morgan fingerprint density at radius 1 is 1.45 bits per heavy atom. The lowest BCUT2D eigenvalue weighted by Gasteiger charge is -2.30. The summed E-state index contributed by atoms with van der Waals surface area (Å²) in [6.07, 6.45) is 7.42. The molecule has 0 aromatic carbocycles. The number of hydrogen-bond acceptors (Lipinski definition) is 3. The van der Waals surface area contributed by atoms with E-state index in [9.17, 15) is 4.79 Å². The second-order valence-electron chi connectivity index (χ2n) is 5.53. The first-order chi connectivity index (χ1) is 9.67. The first kappa shape index (κ1) is 14.8. The molecule has 0 aliphatic carbocycles. The van der Waals surface area contributed by atoms with Crippen LogP contribution in [-0.4, -0.2) is 35.4 Å². The van der Waals surface area contributed by atoms with E-state index in [0.717, 1.165) is 37.2 Å². The van der Waals surface area contributed by atoms with Crippen LogP contribution in [-0.2, 0) is 0 Å². The predicted molar refractivity (Wildman–Crippen MR) is 82.1 cm³/mol. The van der Waals surface area contributed by atoms with E-state index in [-0.39, 0.29) is 5.91 Å². The summed E-state index contributed by atoms with van der Waals surface area (Å²) < 4.78 is 0. The molecule has 4 nitrogen and oxygen atoms in total. The smallest absolute Gasteiger partial charge is 0.257 e. The van der Waals surface area contributed by atoms with Crippen molar-refractivity contribution in [2.45, 2.75) is 52.0 Å². The molecule has 1 amide bonds. The van der Waals surface area contributed by atoms with Crippen LogP contribution in [0, 0.1) is 6.92 Å². The molecule has 1 aromatic rings. The zero-order valence-electron chi connectivity index (χ0n) is 12.8. The minimum atomic E-state index is 0.121. The van der Waals surface area contributed by atoms with Crippen LogP contribution in [0.3, 0.4) is 0 Å². The van der Waals surface area contributed by atoms with Crippen LogP contribution in [0.25, 0.3) is 0 Å². The van der Waals surface area contributed by atoms with Gasteiger partial charge in [-0.05, 0) is 32.3 Å². The van der Waals surface area contributed by atoms with E-state index in [2.05, 4.69) is 22.1 Å². The third-order valence-electron chi connectivity index (χ3n) is 4.15. The SMILES string of the molecule is CCC1CCCCCN1C(=O)c1cnc(C)cc1NC. The van der Waals surface area contributed by atoms with E-state index >= 15 is 0 Å². The Hall–Kier alpha value is -1.58. The Balaban J connectivity index is 2.28. The van der Waals surface area contributed by atoms with E-state index in [4.69, 9.17) is 0 Å². The maximum absolute atomic E-state index is 12.9. The van der Waals surface area contributed by atoms with Crippen LogP contribution in [0.15, 0.2) is 12.3 Å². The highest BCUT2D eigenvalue weighted by molar-refractivity contribution is 5.99. The van der Waals surface area contributed by atoms with Crippen LogP contribution in [0.1, 0.15) is 55.1 Å². The van der Waals surface area contributed by atoms with Crippen LogP contribution in [0.5, 0.6) is 0 Å². The number of anilines is 1. The van der Waals surface area contributed by atoms with Crippen LogP contribution in [0.4, 0.5) is 5.69 Å². The molecule has 1 unspecified atom stereocenters. The zero-order valence-corrected chi connectivity index (χ0v) is 12.8. The van der Waals surface area contributed by atoms with Gasteiger partial charge in [0.2, 0.25) is 0 Å². The number of aromatic nitrogens is 1. The van der Waals surface area contributed by atoms with Crippen molar-refractivity contribution in [3.63, 3.8) is 0 Å². The van der Waals surface area contributed by atoms with Crippen LogP contribution < -0.4 is 5.32 Å². The molecule has 0 radical (unpaired) electrons. The van der Waals surface area contributed by atoms with E-state index in [1.807, 2.05) is 20.0 Å². The van der Waals surface area contributed by atoms with Gasteiger partial charge in [-0.1, -0.05) is 19.8 Å². The summed E-state index contributed by atoms with van der Waals surface area (Å²) in [4.78, 5) is 19.2. The second-order valence-corrected chi connectivity index (χ2v) is 5.53. The molecule has 2 rings (SSSR count). The summed E-state index contributed by atoms with van der Waals surface area (Å²) in [5.74, 6) is 0.121. The van der Waals surface area contributed by atoms with Gasteiger partial charge in [0.05, 0.1) is 11.3 Å². The average Bonchev–Trinajstić information content (AvgIpc) is 2.71. The molecule has 1 aliphatic rings. The van der Waals surface area contributed by atoms with Crippen molar-refractivity contribution in [1.82, 2.24) is 9.88 Å². The second kappa shape index (κ2) is 6.73. The number of aryl methyl sites for hydroxylation is 1. The molecule has 1 atom stereocenters. The van der Waals surface area contributed by atoms with Gasteiger partial charge in [-0.25, -0.2) is 0 Å². The van der Waals surface area contributed by atoms with Crippen molar-refractivity contribution < 1.29 is 4.79 Å². The van der Waals surface area contributed by atoms with Gasteiger partial charge in [0.1, 0.15) is 0 Å². The van der Waals surface area contributed by atoms with Crippen molar-refractivity contribution in [2.75, 3.05) is 18.9 Å². The van der Waals surface area contributed by atoms with Gasteiger partial charge in [0.25, 0.3) is 5.91 Å². The number of likely N-dealkylation sites (tertiary alicyclic amines) is 1. The number of nitrogens with zero attached hydrogens (tertiary/aromatic N) is 2. The summed E-state index contributed by atoms with van der Waals surface area (Å²) in [5, 5.41) is 3.12. The lowest BCUT2D eigenvalue weighted by atomic mass is 10.1. The number of hydrogen-bond donors (Lipinski definition) is 1. The topological polar surface area (TPSA) is 45.2 Å². The lowest BCUT2D eigenvalue weighted by molar-refractivity contribution is 0.0679. The molecule has 20 heavy (non-hydrogen) atoms. The van der Waals surface area contributed by atoms with E-state index in [1.165, 1.54) is 12.8 Å². The molecular formula is C16H25N3O. The molecule has 1 N–H and O–H groups in total. The molecule has 4 heteroatoms. The fraction of sp³-hybridized carbons (Fsp3) is 0.625. The standard InChI is InChI=1S/C16H25N3O/c1-4-13-8-6-5-7-9-19(13)16(20)14-11-18-12(2)10-15(14)17-3/h10-11,13H,4-9H2,1-3H3,(H,17,18). The van der Waals surface area contributed by atoms with Crippen LogP contribution >= 0.6 is 0 Å². The molecule has 1 aliphatic heterocycles. The van der Waals surface area contributed by atoms with Gasteiger partial charge in [-0.15, -0.1) is 0 Å². The Morgan fingerprint density at radius 3 is 2.95 bits per heavy atom. The number of amides is 1. The number of carbonyl (C=O) groups is 1. The number of rotatable bonds is 3. The van der Waals surface area contributed by atoms with E-state index < -0.39 is 0 Å². The molecular weight excluding hydrogens is 250 g/mol. The Bertz CT molecular complexity index is 473. The Morgan fingerprint density at radius 2 is 2.25 bits per heavy atom. The van der Waals surface area contributed by atoms with Crippen molar-refractivity contribution in [3.8, 4) is 0 Å². The average molecular weight is 275 g/mol. The zero-order chi connectivity index (χ0) is 14.5. The monoisotopic (exact) mass is 275 g/mol. The van der Waals surface area contributed by atoms with Gasteiger partial charge in [0, 0.05) is 31.5 Å². The minimum absolute atomic E-state index is 0.121. The highest BCUT2D eigenvalue weighted by Crippen LogP contribution is 2.24. The van der Waals surface area contributed by atoms with Crippen molar-refractivity contribution in [1.29, 1.82) is 0 Å². The quantitative estimate of drug-likeness (QED) is 0.921. The third-order valence-corrected chi connectivity index (χ3v) is 4.15. The summed E-state index contributed by atoms with van der Waals surface area (Å²) >= 11 is 0. The highest BCUT2D eigenvalue weighted by atomic mass is 16.2. The molecule has 2 heterocycles. The first-order valence-corrected chi connectivity index (χ1v) is 7.62. The van der Waals surface area contributed by atoms with Gasteiger partial charge in [0.15, 0.2) is 0 Å². The normalized spacial score (nSPS) is 19.6. The predicted octanol–water partition coefficient (Wildman–Crippen LogP) is 3.23. The number of carbonyl (C=O) groups excluding carboxylic acids is 1. The van der Waals surface area contributed by atoms with Gasteiger partial charge < -0.3 is 10.2 Å². The Kier molecular flexibility index (Phi) is 4.99. The number of nitrogens with one attached hydrogen (secondary N) is 1. The maximum atomic E-state index is 12.9. The lowest BCUT2D eigenvalue weighted by Crippen LogP contribution is -2.40. The summed E-state index contributed by atoms with van der Waals surface area (Å²) in [5.41, 5.74) is 2.49. The maximum Gasteiger partial charge on any atom is 0.257 e. The fourth-order valence-electron chi connectivity index (χ4n) is 2.96. The number of pyridine rings is 1. The minimum Gasteiger partial charge on any atom is -0.387 e. The van der Waals surface area contributed by atoms with Gasteiger partial charge >= 0.3 is 0 Å². The van der Waals surface area contributed by atoms with E-state index in [1.54, 1.807) is 6.20 Å². The van der Waals surface area contributed by atoms with Crippen molar-refractivity contribution in [3.05, 3.63) is 23.5 Å². The van der Waals surface area contributed by atoms with Crippen LogP contribution in [0.2, 0.25) is 0 Å². The van der Waals surface area contributed by atoms with Gasteiger partial charge in [-0.3, -0.25) is 9.78 Å². The summed E-state index contributed by atoms with van der Waals surface area (Å²) in [6, 6.07) is 2.31. The molecule has 110 valence electrons. The molecule has 0 bridgehead atoms. The molecule has 1 fully saturated rings.